The summed E-state index contributed by atoms with van der Waals surface area (Å²) < 4.78 is 5.90. The normalized spacial score (nSPS) is 12.9. The topological polar surface area (TPSA) is 38.1 Å². The average Bonchev–Trinajstić information content (AvgIpc) is 2.84. The van der Waals surface area contributed by atoms with Crippen LogP contribution in [0, 0.1) is 0 Å². The zero-order valence-corrected chi connectivity index (χ0v) is 10.6. The molecule has 1 atom stereocenters. The second-order valence-electron chi connectivity index (χ2n) is 3.26. The molecule has 0 fully saturated rings. The van der Waals surface area contributed by atoms with Gasteiger partial charge in [0, 0.05) is 33.4 Å². The van der Waals surface area contributed by atoms with Gasteiger partial charge in [0.1, 0.15) is 6.26 Å². The summed E-state index contributed by atoms with van der Waals surface area (Å²) in [6.07, 6.45) is 1.59. The zero-order chi connectivity index (χ0) is 10.7. The summed E-state index contributed by atoms with van der Waals surface area (Å²) in [7, 11) is 0. The predicted octanol–water partition coefficient (Wildman–Crippen LogP) is 3.35. The fourth-order valence-electron chi connectivity index (χ4n) is 1.24. The molecule has 15 heavy (non-hydrogen) atoms. The van der Waals surface area contributed by atoms with Crippen molar-refractivity contribution >= 4 is 27.3 Å². The third-order valence-electron chi connectivity index (χ3n) is 2.10. The minimum absolute atomic E-state index is 0.331. The number of nitrogens with zero attached hydrogens (tertiary/aromatic N) is 1. The van der Waals surface area contributed by atoms with Crippen molar-refractivity contribution in [1.82, 2.24) is 10.5 Å². The first kappa shape index (κ1) is 10.9. The highest BCUT2D eigenvalue weighted by molar-refractivity contribution is 9.10. The summed E-state index contributed by atoms with van der Waals surface area (Å²) in [6.45, 7) is 2.87. The highest BCUT2D eigenvalue weighted by atomic mass is 79.9. The van der Waals surface area contributed by atoms with Crippen LogP contribution in [0.4, 0.5) is 0 Å². The van der Waals surface area contributed by atoms with Crippen molar-refractivity contribution in [2.75, 3.05) is 0 Å². The molecule has 1 unspecified atom stereocenters. The van der Waals surface area contributed by atoms with E-state index in [0.717, 1.165) is 16.7 Å². The molecule has 80 valence electrons. The van der Waals surface area contributed by atoms with Gasteiger partial charge in [0.05, 0.1) is 5.69 Å². The number of hydrogen-bond acceptors (Lipinski definition) is 4. The molecule has 1 N–H and O–H groups in total. The molecule has 0 spiro atoms. The lowest BCUT2D eigenvalue weighted by atomic mass is 10.2. The molecule has 0 aliphatic rings. The first-order chi connectivity index (χ1) is 7.25. The molecule has 0 amide bonds. The summed E-state index contributed by atoms with van der Waals surface area (Å²) in [5.74, 6) is 0. The van der Waals surface area contributed by atoms with Crippen LogP contribution in [-0.2, 0) is 6.54 Å². The highest BCUT2D eigenvalue weighted by Crippen LogP contribution is 2.25. The van der Waals surface area contributed by atoms with E-state index >= 15 is 0 Å². The van der Waals surface area contributed by atoms with E-state index in [1.54, 1.807) is 17.6 Å². The molecule has 0 saturated carbocycles. The van der Waals surface area contributed by atoms with Gasteiger partial charge in [-0.1, -0.05) is 5.16 Å². The Morgan fingerprint density at radius 2 is 2.53 bits per heavy atom. The van der Waals surface area contributed by atoms with E-state index in [9.17, 15) is 0 Å². The maximum atomic E-state index is 4.76. The molecule has 0 aliphatic carbocycles. The highest BCUT2D eigenvalue weighted by Gasteiger charge is 2.07. The molecule has 0 aliphatic heterocycles. The van der Waals surface area contributed by atoms with Crippen LogP contribution >= 0.6 is 27.3 Å². The zero-order valence-electron chi connectivity index (χ0n) is 8.24. The van der Waals surface area contributed by atoms with Crippen LogP contribution in [0.1, 0.15) is 23.5 Å². The Labute approximate surface area is 101 Å². The van der Waals surface area contributed by atoms with E-state index in [-0.39, 0.29) is 0 Å². The van der Waals surface area contributed by atoms with Crippen LogP contribution in [0.2, 0.25) is 0 Å². The van der Waals surface area contributed by atoms with Crippen LogP contribution in [0.15, 0.2) is 32.8 Å². The van der Waals surface area contributed by atoms with E-state index in [1.165, 1.54) is 4.88 Å². The van der Waals surface area contributed by atoms with Gasteiger partial charge in [0.2, 0.25) is 0 Å². The molecule has 0 bridgehead atoms. The smallest absolute Gasteiger partial charge is 0.124 e. The van der Waals surface area contributed by atoms with Crippen LogP contribution in [0.3, 0.4) is 0 Å². The third-order valence-corrected chi connectivity index (χ3v) is 3.97. The molecule has 2 aromatic rings. The molecule has 5 heteroatoms. The second-order valence-corrected chi connectivity index (χ2v) is 5.12. The molecular weight excluding hydrogens is 276 g/mol. The van der Waals surface area contributed by atoms with Gasteiger partial charge in [0.15, 0.2) is 0 Å². The molecular formula is C10H11BrN2OS. The summed E-state index contributed by atoms with van der Waals surface area (Å²) in [4.78, 5) is 1.31. The number of thiophene rings is 1. The number of halogens is 1. The van der Waals surface area contributed by atoms with Crippen molar-refractivity contribution in [3.63, 3.8) is 0 Å². The van der Waals surface area contributed by atoms with E-state index in [4.69, 9.17) is 4.52 Å². The van der Waals surface area contributed by atoms with Gasteiger partial charge in [-0.3, -0.25) is 0 Å². The Balaban J connectivity index is 1.90. The van der Waals surface area contributed by atoms with Crippen LogP contribution in [-0.4, -0.2) is 5.16 Å². The standard InChI is InChI=1S/C10H11BrN2OS/c1-7(10-4-8(11)6-15-10)12-5-9-2-3-14-13-9/h2-4,6-7,12H,5H2,1H3. The van der Waals surface area contributed by atoms with Crippen LogP contribution in [0.25, 0.3) is 0 Å². The molecule has 3 nitrogen and oxygen atoms in total. The number of hydrogen-bond donors (Lipinski definition) is 1. The average molecular weight is 287 g/mol. The van der Waals surface area contributed by atoms with Gasteiger partial charge in [-0.05, 0) is 28.9 Å². The van der Waals surface area contributed by atoms with Gasteiger partial charge in [-0.15, -0.1) is 11.3 Å². The molecule has 0 aromatic carbocycles. The summed E-state index contributed by atoms with van der Waals surface area (Å²) in [6, 6.07) is 4.33. The first-order valence-corrected chi connectivity index (χ1v) is 6.29. The molecule has 2 rings (SSSR count). The quantitative estimate of drug-likeness (QED) is 0.937. The van der Waals surface area contributed by atoms with Crippen molar-refractivity contribution in [3.8, 4) is 0 Å². The summed E-state index contributed by atoms with van der Waals surface area (Å²) in [5, 5.41) is 9.31. The molecule has 2 aromatic heterocycles. The number of nitrogens with one attached hydrogen (secondary N) is 1. The predicted molar refractivity (Wildman–Crippen MR) is 63.8 cm³/mol. The third kappa shape index (κ3) is 2.90. The molecule has 0 radical (unpaired) electrons. The Bertz CT molecular complexity index is 413. The van der Waals surface area contributed by atoms with Gasteiger partial charge in [-0.2, -0.15) is 0 Å². The van der Waals surface area contributed by atoms with E-state index in [0.29, 0.717) is 6.04 Å². The van der Waals surface area contributed by atoms with E-state index in [2.05, 4.69) is 44.8 Å². The van der Waals surface area contributed by atoms with Crippen molar-refractivity contribution in [2.24, 2.45) is 0 Å². The molecule has 2 heterocycles. The van der Waals surface area contributed by atoms with Gasteiger partial charge >= 0.3 is 0 Å². The van der Waals surface area contributed by atoms with Crippen LogP contribution in [0.5, 0.6) is 0 Å². The number of rotatable bonds is 4. The maximum Gasteiger partial charge on any atom is 0.124 e. The lowest BCUT2D eigenvalue weighted by Gasteiger charge is -2.09. The van der Waals surface area contributed by atoms with Crippen molar-refractivity contribution in [2.45, 2.75) is 19.5 Å². The lowest BCUT2D eigenvalue weighted by molar-refractivity contribution is 0.406. The van der Waals surface area contributed by atoms with Crippen molar-refractivity contribution < 1.29 is 4.52 Å². The van der Waals surface area contributed by atoms with E-state index < -0.39 is 0 Å². The Hall–Kier alpha value is -0.650. The molecule has 0 saturated heterocycles. The fraction of sp³-hybridized carbons (Fsp3) is 0.300. The SMILES string of the molecule is CC(NCc1ccon1)c1cc(Br)cs1. The minimum atomic E-state index is 0.331. The minimum Gasteiger partial charge on any atom is -0.364 e. The first-order valence-electron chi connectivity index (χ1n) is 4.62. The Morgan fingerprint density at radius 1 is 1.67 bits per heavy atom. The van der Waals surface area contributed by atoms with Crippen molar-refractivity contribution in [3.05, 3.63) is 38.8 Å². The summed E-state index contributed by atoms with van der Waals surface area (Å²) >= 11 is 5.19. The second kappa shape index (κ2) is 4.92. The Morgan fingerprint density at radius 3 is 3.13 bits per heavy atom. The van der Waals surface area contributed by atoms with Gasteiger partial charge < -0.3 is 9.84 Å². The van der Waals surface area contributed by atoms with E-state index in [1.807, 2.05) is 6.07 Å². The van der Waals surface area contributed by atoms with Crippen LogP contribution < -0.4 is 5.32 Å². The monoisotopic (exact) mass is 286 g/mol. The largest absolute Gasteiger partial charge is 0.364 e. The van der Waals surface area contributed by atoms with Crippen molar-refractivity contribution in [1.29, 1.82) is 0 Å². The van der Waals surface area contributed by atoms with Gasteiger partial charge in [-0.25, -0.2) is 0 Å². The lowest BCUT2D eigenvalue weighted by Crippen LogP contribution is -2.17. The Kier molecular flexibility index (Phi) is 3.56. The number of aromatic nitrogens is 1. The fourth-order valence-corrected chi connectivity index (χ4v) is 2.72. The summed E-state index contributed by atoms with van der Waals surface area (Å²) in [5.41, 5.74) is 0.928. The maximum absolute atomic E-state index is 4.76. The van der Waals surface area contributed by atoms with Gasteiger partial charge in [0.25, 0.3) is 0 Å².